The molecular formula is C58H87NO16. The molecule has 0 aromatic carbocycles. The lowest BCUT2D eigenvalue weighted by Crippen LogP contribution is -2.63. The summed E-state index contributed by atoms with van der Waals surface area (Å²) in [4.78, 5) is 14.5. The number of nitrogens with two attached hydrogens (primary N) is 1. The molecule has 3 spiro atoms. The van der Waals surface area contributed by atoms with Crippen LogP contribution < -0.4 is 5.73 Å². The van der Waals surface area contributed by atoms with Gasteiger partial charge in [0.15, 0.2) is 17.4 Å². The largest absolute Gasteiger partial charge is 0.459 e. The Balaban J connectivity index is 0.693. The van der Waals surface area contributed by atoms with Crippen molar-refractivity contribution < 1.29 is 76.2 Å². The molecule has 10 bridgehead atoms. The molecule has 0 aliphatic carbocycles. The van der Waals surface area contributed by atoms with Gasteiger partial charge in [-0.1, -0.05) is 41.2 Å². The normalized spacial score (nSPS) is 58.5. The first kappa shape index (κ1) is 51.7. The van der Waals surface area contributed by atoms with Crippen molar-refractivity contribution >= 4 is 5.97 Å². The number of ether oxygens (including phenoxy) is 14. The van der Waals surface area contributed by atoms with Gasteiger partial charge in [-0.2, -0.15) is 0 Å². The van der Waals surface area contributed by atoms with Gasteiger partial charge in [-0.15, -0.1) is 0 Å². The quantitative estimate of drug-likeness (QED) is 0.222. The summed E-state index contributed by atoms with van der Waals surface area (Å²) in [5.41, 5.74) is 7.02. The summed E-state index contributed by atoms with van der Waals surface area (Å²) in [6, 6.07) is 0. The Bertz CT molecular complexity index is 2140. The minimum Gasteiger partial charge on any atom is -0.459 e. The monoisotopic (exact) mass is 1050 g/mol. The Morgan fingerprint density at radius 2 is 1.16 bits per heavy atom. The van der Waals surface area contributed by atoms with Crippen LogP contribution in [0.5, 0.6) is 0 Å². The van der Waals surface area contributed by atoms with Gasteiger partial charge in [-0.25, -0.2) is 0 Å². The zero-order valence-electron chi connectivity index (χ0n) is 45.1. The predicted octanol–water partition coefficient (Wildman–Crippen LogP) is 6.23. The van der Waals surface area contributed by atoms with E-state index in [1.165, 1.54) is 0 Å². The molecule has 14 heterocycles. The highest BCUT2D eigenvalue weighted by atomic mass is 16.8. The highest BCUT2D eigenvalue weighted by Gasteiger charge is 2.65. The van der Waals surface area contributed by atoms with Crippen molar-refractivity contribution in [2.45, 2.75) is 308 Å². The fourth-order valence-electron chi connectivity index (χ4n) is 17.7. The van der Waals surface area contributed by atoms with E-state index in [2.05, 4.69) is 41.2 Å². The molecule has 30 atom stereocenters. The van der Waals surface area contributed by atoms with Crippen LogP contribution in [0.15, 0.2) is 12.2 Å². The first-order valence-electron chi connectivity index (χ1n) is 30.0. The third kappa shape index (κ3) is 9.37. The Labute approximate surface area is 443 Å². The fraction of sp³-hybridized carbons (Fsp3) is 0.948. The Morgan fingerprint density at radius 3 is 2.01 bits per heavy atom. The van der Waals surface area contributed by atoms with Gasteiger partial charge in [-0.3, -0.25) is 4.79 Å². The smallest absolute Gasteiger partial charge is 0.308 e. The number of carbonyl (C=O) groups is 1. The Kier molecular flexibility index (Phi) is 13.6. The maximum atomic E-state index is 14.5. The number of aliphatic hydroxyl groups is 1. The molecular weight excluding hydrogens is 967 g/mol. The number of hydrogen-bond donors (Lipinski definition) is 2. The van der Waals surface area contributed by atoms with Gasteiger partial charge in [0.1, 0.15) is 12.2 Å². The van der Waals surface area contributed by atoms with E-state index in [4.69, 9.17) is 72.0 Å². The second-order valence-electron chi connectivity index (χ2n) is 26.8. The average Bonchev–Trinajstić information content (AvgIpc) is 4.13. The molecule has 0 aromatic heterocycles. The molecule has 14 fully saturated rings. The molecule has 17 heteroatoms. The van der Waals surface area contributed by atoms with E-state index < -0.39 is 35.7 Å². The average molecular weight is 1050 g/mol. The van der Waals surface area contributed by atoms with Gasteiger partial charge < -0.3 is 77.2 Å². The van der Waals surface area contributed by atoms with Crippen LogP contribution in [-0.4, -0.2) is 169 Å². The molecule has 0 radical (unpaired) electrons. The SMILES string of the molecule is C=C1[C@H](C)C[C@@H]2CC[C@@H]3O[C@@H](CC[C@]45CC[C@H](O4)[C@H]4C[C@@H](O5)[C@H]5O[C@H](CC[C@@H]5O4)CC(=O)O[C@@H]4[C@@H](C)[C@@H]5O[C@@H]6C[C@]7(C[C@@H]8O[C@]9(C[C@H](C)[C@@H]%10O[C@H](CN)[C@H](O)C[C@@H]%10O9)C[C@H](C)[C@@H]8O7)O[C@@H]6C[C@@H]5O[C@H]4C[C@H]1O2)CC3C. The summed E-state index contributed by atoms with van der Waals surface area (Å²) < 4.78 is 96.8. The molecule has 14 rings (SSSR count). The molecule has 0 amide bonds. The summed E-state index contributed by atoms with van der Waals surface area (Å²) in [6.45, 7) is 16.1. The second kappa shape index (κ2) is 19.7. The van der Waals surface area contributed by atoms with Gasteiger partial charge >= 0.3 is 5.97 Å². The molecule has 420 valence electrons. The van der Waals surface area contributed by atoms with E-state index in [1.807, 2.05) is 0 Å². The number of rotatable bonds is 1. The zero-order valence-corrected chi connectivity index (χ0v) is 45.1. The maximum absolute atomic E-state index is 14.5. The summed E-state index contributed by atoms with van der Waals surface area (Å²) >= 11 is 0. The van der Waals surface area contributed by atoms with E-state index >= 15 is 0 Å². The lowest BCUT2D eigenvalue weighted by molar-refractivity contribution is -0.370. The van der Waals surface area contributed by atoms with Gasteiger partial charge in [-0.05, 0) is 80.6 Å². The van der Waals surface area contributed by atoms with E-state index in [-0.39, 0.29) is 159 Å². The Hall–Kier alpha value is -1.39. The van der Waals surface area contributed by atoms with Crippen molar-refractivity contribution in [3.05, 3.63) is 12.2 Å². The molecule has 0 aromatic rings. The van der Waals surface area contributed by atoms with E-state index in [9.17, 15) is 9.90 Å². The van der Waals surface area contributed by atoms with Gasteiger partial charge in [0.25, 0.3) is 0 Å². The maximum Gasteiger partial charge on any atom is 0.308 e. The molecule has 14 aliphatic rings. The van der Waals surface area contributed by atoms with Crippen molar-refractivity contribution in [3.63, 3.8) is 0 Å². The minimum absolute atomic E-state index is 0.0122. The second-order valence-corrected chi connectivity index (χ2v) is 26.8. The standard InChI is InChI=1S/C58H87NO16/c1-27-15-33-7-9-37-28(2)16-35(62-37)11-13-56-14-12-38(70-56)41-20-46(72-56)55-39(65-41)10-8-34(64-55)17-50(61)69-54-32(6)53-44(66-43(54)19-40(63-33)31(27)5)21-42-47(67-53)24-58(71-42)25-48-52(75-58)30(4)23-57(74-48)22-29(3)51-45(73-57)18-36(60)49(26-59)68-51/h27-30,32-49,51-55,60H,5,7-26,59H2,1-4,6H3/t27-,28?,29+,30+,32+,33+,34-,35+,36-,37+,38+,39+,40-,41-,42-,43+,44+,45+,46-,47-,48+,49-,51+,52+,53+,54-,55+,56+,57-,58+/m1/s1. The molecule has 17 nitrogen and oxygen atoms in total. The predicted molar refractivity (Wildman–Crippen MR) is 266 cm³/mol. The lowest BCUT2D eigenvalue weighted by atomic mass is 9.78. The van der Waals surface area contributed by atoms with Crippen LogP contribution in [0.3, 0.4) is 0 Å². The van der Waals surface area contributed by atoms with Crippen LogP contribution in [0, 0.1) is 29.6 Å². The number of aliphatic hydroxyl groups excluding tert-OH is 1. The Morgan fingerprint density at radius 1 is 0.493 bits per heavy atom. The van der Waals surface area contributed by atoms with Gasteiger partial charge in [0, 0.05) is 76.7 Å². The molecule has 14 aliphatic heterocycles. The number of esters is 1. The van der Waals surface area contributed by atoms with Crippen molar-refractivity contribution in [1.82, 2.24) is 0 Å². The highest BCUT2D eigenvalue weighted by Crippen LogP contribution is 2.56. The first-order chi connectivity index (χ1) is 36.1. The highest BCUT2D eigenvalue weighted by molar-refractivity contribution is 5.70. The topological polar surface area (TPSA) is 193 Å². The molecule has 0 saturated carbocycles. The van der Waals surface area contributed by atoms with Gasteiger partial charge in [0.2, 0.25) is 0 Å². The molecule has 75 heavy (non-hydrogen) atoms. The zero-order chi connectivity index (χ0) is 51.3. The lowest BCUT2D eigenvalue weighted by Gasteiger charge is -2.54. The van der Waals surface area contributed by atoms with E-state index in [1.54, 1.807) is 0 Å². The van der Waals surface area contributed by atoms with E-state index in [0.29, 0.717) is 57.3 Å². The number of hydrogen-bond acceptors (Lipinski definition) is 17. The molecule has 1 unspecified atom stereocenters. The van der Waals surface area contributed by atoms with Crippen molar-refractivity contribution in [2.24, 2.45) is 35.3 Å². The van der Waals surface area contributed by atoms with Crippen LogP contribution >= 0.6 is 0 Å². The van der Waals surface area contributed by atoms with Gasteiger partial charge in [0.05, 0.1) is 129 Å². The summed E-state index contributed by atoms with van der Waals surface area (Å²) in [5.74, 6) is -1.86. The first-order valence-corrected chi connectivity index (χ1v) is 30.0. The van der Waals surface area contributed by atoms with Crippen LogP contribution in [0.4, 0.5) is 0 Å². The van der Waals surface area contributed by atoms with Crippen molar-refractivity contribution in [1.29, 1.82) is 0 Å². The van der Waals surface area contributed by atoms with Crippen LogP contribution in [0.2, 0.25) is 0 Å². The van der Waals surface area contributed by atoms with Crippen LogP contribution in [0.1, 0.15) is 157 Å². The third-order valence-corrected chi connectivity index (χ3v) is 21.4. The van der Waals surface area contributed by atoms with Crippen molar-refractivity contribution in [2.75, 3.05) is 6.54 Å². The summed E-state index contributed by atoms with van der Waals surface area (Å²) in [7, 11) is 0. The molecule has 3 N–H and O–H groups in total. The summed E-state index contributed by atoms with van der Waals surface area (Å²) in [5, 5.41) is 10.9. The third-order valence-electron chi connectivity index (χ3n) is 21.4. The summed E-state index contributed by atoms with van der Waals surface area (Å²) in [6.07, 6.45) is 8.67. The minimum atomic E-state index is -0.884. The number of carbonyl (C=O) groups excluding carboxylic acids is 1. The fourth-order valence-corrected chi connectivity index (χ4v) is 17.7. The van der Waals surface area contributed by atoms with Crippen molar-refractivity contribution in [3.8, 4) is 0 Å². The van der Waals surface area contributed by atoms with Crippen LogP contribution in [-0.2, 0) is 71.1 Å². The molecule has 14 saturated heterocycles. The van der Waals surface area contributed by atoms with Crippen LogP contribution in [0.25, 0.3) is 0 Å². The van der Waals surface area contributed by atoms with E-state index in [0.717, 1.165) is 69.8 Å². The number of fused-ring (bicyclic) bond motifs is 13.